The first-order valence-corrected chi connectivity index (χ1v) is 2.28. The van der Waals surface area contributed by atoms with E-state index in [0.29, 0.717) is 0 Å². The molecule has 0 atom stereocenters. The summed E-state index contributed by atoms with van der Waals surface area (Å²) in [5.41, 5.74) is 0. The van der Waals surface area contributed by atoms with Crippen LogP contribution in [0, 0.1) is 0 Å². The van der Waals surface area contributed by atoms with Crippen LogP contribution in [0.5, 0.6) is 0 Å². The van der Waals surface area contributed by atoms with Crippen molar-refractivity contribution in [2.45, 2.75) is 6.54 Å². The Hall–Kier alpha value is -0.920. The third-order valence-electron chi connectivity index (χ3n) is 1.06. The van der Waals surface area contributed by atoms with Crippen LogP contribution >= 0.6 is 0 Å². The fraction of sp³-hybridized carbons (Fsp3) is 0.200. The monoisotopic (exact) mass is 95.0 g/mol. The van der Waals surface area contributed by atoms with Gasteiger partial charge in [0.25, 0.3) is 0 Å². The molecule has 36 valence electrons. The summed E-state index contributed by atoms with van der Waals surface area (Å²) < 4.78 is 6.77. The second-order valence-corrected chi connectivity index (χ2v) is 1.62. The Morgan fingerprint density at radius 2 is 2.57 bits per heavy atom. The number of hydrogen-bond donors (Lipinski definition) is 0. The van der Waals surface area contributed by atoms with E-state index in [-0.39, 0.29) is 0 Å². The van der Waals surface area contributed by atoms with Crippen molar-refractivity contribution in [3.8, 4) is 0 Å². The van der Waals surface area contributed by atoms with Crippen LogP contribution in [0.3, 0.4) is 0 Å². The van der Waals surface area contributed by atoms with Crippen LogP contribution < -0.4 is 0 Å². The molecular formula is C5H5NO. The van der Waals surface area contributed by atoms with E-state index in [1.807, 2.05) is 12.3 Å². The fourth-order valence-electron chi connectivity index (χ4n) is 0.714. The van der Waals surface area contributed by atoms with Gasteiger partial charge in [-0.05, 0) is 6.08 Å². The third kappa shape index (κ3) is 0.282. The summed E-state index contributed by atoms with van der Waals surface area (Å²) in [4.78, 5) is 0. The lowest BCUT2D eigenvalue weighted by Gasteiger charge is -2.12. The first kappa shape index (κ1) is 3.13. The predicted octanol–water partition coefficient (Wildman–Crippen LogP) is 1.11. The molecule has 0 N–H and O–H groups in total. The second kappa shape index (κ2) is 0.832. The minimum absolute atomic E-state index is 0.906. The quantitative estimate of drug-likeness (QED) is 0.472. The summed E-state index contributed by atoms with van der Waals surface area (Å²) in [7, 11) is 0. The molecule has 1 aromatic heterocycles. The molecule has 7 heavy (non-hydrogen) atoms. The van der Waals surface area contributed by atoms with Crippen molar-refractivity contribution < 1.29 is 4.52 Å². The predicted molar refractivity (Wildman–Crippen MR) is 25.7 cm³/mol. The van der Waals surface area contributed by atoms with Crippen molar-refractivity contribution >= 4 is 6.08 Å². The van der Waals surface area contributed by atoms with E-state index < -0.39 is 0 Å². The van der Waals surface area contributed by atoms with Crippen LogP contribution in [0.4, 0.5) is 0 Å². The summed E-state index contributed by atoms with van der Waals surface area (Å²) in [6, 6.07) is 0. The Bertz CT molecular complexity index is 182. The average Bonchev–Trinajstić information content (AvgIpc) is 1.67. The van der Waals surface area contributed by atoms with Crippen LogP contribution in [-0.2, 0) is 6.54 Å². The summed E-state index contributed by atoms with van der Waals surface area (Å²) in [6.45, 7) is 0.906. The van der Waals surface area contributed by atoms with Crippen molar-refractivity contribution in [3.05, 3.63) is 18.0 Å². The highest BCUT2D eigenvalue weighted by Crippen LogP contribution is 2.11. The largest absolute Gasteiger partial charge is 0.378 e. The van der Waals surface area contributed by atoms with Gasteiger partial charge in [0, 0.05) is 0 Å². The highest BCUT2D eigenvalue weighted by Gasteiger charge is 2.02. The molecule has 0 saturated carbocycles. The molecule has 0 aliphatic carbocycles. The zero-order valence-electron chi connectivity index (χ0n) is 3.79. The summed E-state index contributed by atoms with van der Waals surface area (Å²) >= 11 is 0. The van der Waals surface area contributed by atoms with Gasteiger partial charge in [0.2, 0.25) is 0 Å². The number of nitrogens with zero attached hydrogens (tertiary/aromatic N) is 1. The smallest absolute Gasteiger partial charge is 0.174 e. The van der Waals surface area contributed by atoms with Crippen LogP contribution in [0.15, 0.2) is 16.8 Å². The second-order valence-electron chi connectivity index (χ2n) is 1.62. The minimum Gasteiger partial charge on any atom is -0.378 e. The van der Waals surface area contributed by atoms with Crippen molar-refractivity contribution in [3.63, 3.8) is 0 Å². The van der Waals surface area contributed by atoms with Crippen LogP contribution in [0.2, 0.25) is 0 Å². The Morgan fingerprint density at radius 3 is 2.71 bits per heavy atom. The van der Waals surface area contributed by atoms with Gasteiger partial charge in [0.1, 0.15) is 0 Å². The number of rotatable bonds is 0. The van der Waals surface area contributed by atoms with Gasteiger partial charge in [-0.1, -0.05) is 6.08 Å². The van der Waals surface area contributed by atoms with Gasteiger partial charge in [0.05, 0.1) is 12.7 Å². The molecule has 0 unspecified atom stereocenters. The number of hydrogen-bond acceptors (Lipinski definition) is 1. The highest BCUT2D eigenvalue weighted by atomic mass is 16.5. The van der Waals surface area contributed by atoms with Gasteiger partial charge in [-0.25, -0.2) is 4.74 Å². The Morgan fingerprint density at radius 1 is 1.71 bits per heavy atom. The Kier molecular flexibility index (Phi) is 0.372. The molecule has 0 fully saturated rings. The van der Waals surface area contributed by atoms with E-state index in [9.17, 15) is 0 Å². The zero-order valence-corrected chi connectivity index (χ0v) is 3.79. The maximum absolute atomic E-state index is 4.98. The lowest BCUT2D eigenvalue weighted by molar-refractivity contribution is 0.215. The molecule has 2 aliphatic rings. The molecule has 3 heterocycles. The van der Waals surface area contributed by atoms with E-state index in [1.165, 1.54) is 0 Å². The molecule has 1 aromatic rings. The summed E-state index contributed by atoms with van der Waals surface area (Å²) in [5.74, 6) is 0.978. The molecule has 2 bridgehead atoms. The van der Waals surface area contributed by atoms with E-state index in [2.05, 4.69) is 6.08 Å². The van der Waals surface area contributed by atoms with E-state index >= 15 is 0 Å². The first-order chi connectivity index (χ1) is 3.45. The van der Waals surface area contributed by atoms with Crippen molar-refractivity contribution in [1.82, 2.24) is 4.74 Å². The molecule has 2 heteroatoms. The van der Waals surface area contributed by atoms with E-state index in [4.69, 9.17) is 4.52 Å². The van der Waals surface area contributed by atoms with Crippen LogP contribution in [-0.4, -0.2) is 4.74 Å². The van der Waals surface area contributed by atoms with Gasteiger partial charge >= 0.3 is 0 Å². The molecule has 0 amide bonds. The minimum atomic E-state index is 0.906. The molecular weight excluding hydrogens is 90.1 g/mol. The van der Waals surface area contributed by atoms with Crippen LogP contribution in [0.1, 0.15) is 5.76 Å². The van der Waals surface area contributed by atoms with Crippen molar-refractivity contribution in [1.29, 1.82) is 0 Å². The molecule has 0 saturated heterocycles. The normalized spacial score (nSPS) is 15.4. The highest BCUT2D eigenvalue weighted by molar-refractivity contribution is 5.43. The molecule has 0 radical (unpaired) electrons. The lowest BCUT2D eigenvalue weighted by atomic mass is 10.3. The summed E-state index contributed by atoms with van der Waals surface area (Å²) in [6.07, 6.45) is 6.01. The molecule has 2 nitrogen and oxygen atoms in total. The molecule has 0 spiro atoms. The number of aromatic nitrogens is 1. The van der Waals surface area contributed by atoms with E-state index in [1.54, 1.807) is 4.74 Å². The van der Waals surface area contributed by atoms with Gasteiger partial charge in [-0.3, -0.25) is 0 Å². The third-order valence-corrected chi connectivity index (χ3v) is 1.06. The maximum atomic E-state index is 4.98. The number of fused-ring (bicyclic) bond motifs is 1. The Labute approximate surface area is 41.0 Å². The topological polar surface area (TPSA) is 18.1 Å². The van der Waals surface area contributed by atoms with Crippen LogP contribution in [0.25, 0.3) is 6.08 Å². The summed E-state index contributed by atoms with van der Waals surface area (Å²) in [5, 5.41) is 0. The van der Waals surface area contributed by atoms with Gasteiger partial charge < -0.3 is 4.52 Å². The SMILES string of the molecule is C1=Cc2cn(o2)C1. The molecule has 3 rings (SSSR count). The van der Waals surface area contributed by atoms with Gasteiger partial charge in [-0.15, -0.1) is 0 Å². The standard InChI is InChI=1S/C5H5NO/c1-2-5-4-6(3-1)7-5/h1-2,4H,3H2. The van der Waals surface area contributed by atoms with Crippen molar-refractivity contribution in [2.24, 2.45) is 0 Å². The van der Waals surface area contributed by atoms with E-state index in [0.717, 1.165) is 12.3 Å². The van der Waals surface area contributed by atoms with Gasteiger partial charge in [0.15, 0.2) is 5.76 Å². The van der Waals surface area contributed by atoms with Gasteiger partial charge in [-0.2, -0.15) is 0 Å². The maximum Gasteiger partial charge on any atom is 0.174 e. The van der Waals surface area contributed by atoms with Crippen molar-refractivity contribution in [2.75, 3.05) is 0 Å². The number of allylic oxidation sites excluding steroid dienone is 1. The first-order valence-electron chi connectivity index (χ1n) is 2.28. The average molecular weight is 95.1 g/mol. The lowest BCUT2D eigenvalue weighted by Crippen LogP contribution is -2.05. The molecule has 0 aromatic carbocycles. The molecule has 2 aliphatic heterocycles. The Balaban J connectivity index is 2.57. The zero-order chi connectivity index (χ0) is 4.69. The fourth-order valence-corrected chi connectivity index (χ4v) is 0.714.